The number of piperazine rings is 1. The smallest absolute Gasteiger partial charge is 0.308 e. The summed E-state index contributed by atoms with van der Waals surface area (Å²) in [6.45, 7) is 6.39. The number of methoxy groups -OCH3 is 1. The van der Waals surface area contributed by atoms with Crippen LogP contribution in [0.4, 0.5) is 0 Å². The first-order valence-electron chi connectivity index (χ1n) is 7.55. The van der Waals surface area contributed by atoms with Gasteiger partial charge in [-0.05, 0) is 13.8 Å². The van der Waals surface area contributed by atoms with Gasteiger partial charge in [0.25, 0.3) is 0 Å². The van der Waals surface area contributed by atoms with Gasteiger partial charge in [0.2, 0.25) is 11.8 Å². The van der Waals surface area contributed by atoms with Crippen LogP contribution >= 0.6 is 0 Å². The lowest BCUT2D eigenvalue weighted by atomic mass is 10.1. The van der Waals surface area contributed by atoms with Gasteiger partial charge in [-0.25, -0.2) is 0 Å². The molecule has 0 aromatic carbocycles. The molecule has 3 unspecified atom stereocenters. The molecule has 3 atom stereocenters. The molecule has 0 spiro atoms. The van der Waals surface area contributed by atoms with Crippen LogP contribution in [0, 0.1) is 11.3 Å². The Bertz CT molecular complexity index is 490. The van der Waals surface area contributed by atoms with Crippen molar-refractivity contribution in [1.82, 2.24) is 15.1 Å². The predicted octanol–water partition coefficient (Wildman–Crippen LogP) is -0.501. The molecule has 0 aromatic heterocycles. The molecular formula is C15H24N4O4. The molecule has 1 aliphatic rings. The lowest BCUT2D eigenvalue weighted by Gasteiger charge is -2.44. The van der Waals surface area contributed by atoms with Crippen LogP contribution in [0.2, 0.25) is 0 Å². The quantitative estimate of drug-likeness (QED) is 0.540. The standard InChI is InChI=1S/C15H24N4O4/c1-10-8-18(9-11(2)19(10)6-5-16)15(22)13(17-12(3)20)7-14(21)23-4/h10-11,13H,6-9H2,1-4H3,(H,17,20). The van der Waals surface area contributed by atoms with E-state index in [-0.39, 0.29) is 30.3 Å². The molecule has 128 valence electrons. The van der Waals surface area contributed by atoms with Crippen molar-refractivity contribution < 1.29 is 19.1 Å². The average molecular weight is 324 g/mol. The van der Waals surface area contributed by atoms with Crippen LogP contribution in [-0.2, 0) is 19.1 Å². The summed E-state index contributed by atoms with van der Waals surface area (Å²) in [7, 11) is 1.24. The topological polar surface area (TPSA) is 103 Å². The van der Waals surface area contributed by atoms with Crippen molar-refractivity contribution in [3.63, 3.8) is 0 Å². The summed E-state index contributed by atoms with van der Waals surface area (Å²) >= 11 is 0. The zero-order valence-corrected chi connectivity index (χ0v) is 14.0. The van der Waals surface area contributed by atoms with Gasteiger partial charge in [0.05, 0.1) is 26.1 Å². The summed E-state index contributed by atoms with van der Waals surface area (Å²) in [5, 5.41) is 11.4. The predicted molar refractivity (Wildman–Crippen MR) is 82.1 cm³/mol. The van der Waals surface area contributed by atoms with Crippen molar-refractivity contribution in [1.29, 1.82) is 5.26 Å². The second-order valence-corrected chi connectivity index (χ2v) is 5.81. The van der Waals surface area contributed by atoms with Crippen molar-refractivity contribution >= 4 is 17.8 Å². The third-order valence-electron chi connectivity index (χ3n) is 3.94. The molecule has 1 heterocycles. The number of carbonyl (C=O) groups excluding carboxylic acids is 3. The number of ether oxygens (including phenoxy) is 1. The highest BCUT2D eigenvalue weighted by Gasteiger charge is 2.35. The van der Waals surface area contributed by atoms with E-state index in [2.05, 4.69) is 16.1 Å². The first-order valence-corrected chi connectivity index (χ1v) is 7.55. The van der Waals surface area contributed by atoms with Crippen LogP contribution in [0.3, 0.4) is 0 Å². The average Bonchev–Trinajstić information content (AvgIpc) is 2.48. The van der Waals surface area contributed by atoms with Crippen molar-refractivity contribution in [3.8, 4) is 6.07 Å². The highest BCUT2D eigenvalue weighted by Crippen LogP contribution is 2.16. The molecule has 23 heavy (non-hydrogen) atoms. The molecule has 0 saturated carbocycles. The Morgan fingerprint density at radius 1 is 1.30 bits per heavy atom. The van der Waals surface area contributed by atoms with Gasteiger partial charge in [0, 0.05) is 32.1 Å². The number of hydrogen-bond acceptors (Lipinski definition) is 6. The van der Waals surface area contributed by atoms with Gasteiger partial charge in [-0.1, -0.05) is 0 Å². The third kappa shape index (κ3) is 5.21. The fourth-order valence-corrected chi connectivity index (χ4v) is 2.85. The molecule has 1 rings (SSSR count). The third-order valence-corrected chi connectivity index (χ3v) is 3.94. The van der Waals surface area contributed by atoms with Crippen molar-refractivity contribution in [2.45, 2.75) is 45.3 Å². The summed E-state index contributed by atoms with van der Waals surface area (Å²) in [6.07, 6.45) is -0.198. The van der Waals surface area contributed by atoms with Crippen molar-refractivity contribution in [2.75, 3.05) is 26.7 Å². The van der Waals surface area contributed by atoms with Gasteiger partial charge < -0.3 is 15.0 Å². The molecular weight excluding hydrogens is 300 g/mol. The first-order chi connectivity index (χ1) is 10.8. The van der Waals surface area contributed by atoms with Crippen LogP contribution in [0.25, 0.3) is 0 Å². The van der Waals surface area contributed by atoms with E-state index < -0.39 is 12.0 Å². The van der Waals surface area contributed by atoms with Crippen LogP contribution in [0.15, 0.2) is 0 Å². The van der Waals surface area contributed by atoms with Gasteiger partial charge in [-0.3, -0.25) is 19.3 Å². The second kappa shape index (κ2) is 8.48. The number of nitriles is 1. The maximum absolute atomic E-state index is 12.7. The van der Waals surface area contributed by atoms with Crippen molar-refractivity contribution in [3.05, 3.63) is 0 Å². The monoisotopic (exact) mass is 324 g/mol. The molecule has 2 amide bonds. The van der Waals surface area contributed by atoms with E-state index in [0.29, 0.717) is 19.6 Å². The van der Waals surface area contributed by atoms with E-state index in [9.17, 15) is 14.4 Å². The summed E-state index contributed by atoms with van der Waals surface area (Å²) in [5.41, 5.74) is 0. The number of amides is 2. The molecule has 1 saturated heterocycles. The van der Waals surface area contributed by atoms with E-state index >= 15 is 0 Å². The van der Waals surface area contributed by atoms with Crippen LogP contribution in [-0.4, -0.2) is 72.5 Å². The zero-order chi connectivity index (χ0) is 17.6. The fourth-order valence-electron chi connectivity index (χ4n) is 2.85. The SMILES string of the molecule is COC(=O)CC(NC(C)=O)C(=O)N1CC(C)N(CC#N)C(C)C1. The molecule has 0 aromatic rings. The Morgan fingerprint density at radius 3 is 2.30 bits per heavy atom. The highest BCUT2D eigenvalue weighted by molar-refractivity contribution is 5.90. The molecule has 1 N–H and O–H groups in total. The molecule has 8 nitrogen and oxygen atoms in total. The van der Waals surface area contributed by atoms with Gasteiger partial charge in [-0.2, -0.15) is 5.26 Å². The minimum absolute atomic E-state index is 0.0263. The van der Waals surface area contributed by atoms with E-state index in [4.69, 9.17) is 5.26 Å². The zero-order valence-electron chi connectivity index (χ0n) is 14.0. The Labute approximate surface area is 136 Å². The van der Waals surface area contributed by atoms with E-state index in [1.54, 1.807) is 4.90 Å². The number of nitrogens with zero attached hydrogens (tertiary/aromatic N) is 3. The summed E-state index contributed by atoms with van der Waals surface area (Å²) in [5.74, 6) is -1.24. The Balaban J connectivity index is 2.82. The summed E-state index contributed by atoms with van der Waals surface area (Å²) < 4.78 is 4.59. The number of rotatable bonds is 5. The molecule has 0 aliphatic carbocycles. The Morgan fingerprint density at radius 2 is 1.87 bits per heavy atom. The highest BCUT2D eigenvalue weighted by atomic mass is 16.5. The normalized spacial score (nSPS) is 22.8. The van der Waals surface area contributed by atoms with E-state index in [1.807, 2.05) is 18.7 Å². The van der Waals surface area contributed by atoms with Gasteiger partial charge in [-0.15, -0.1) is 0 Å². The first kappa shape index (κ1) is 18.9. The number of nitrogens with one attached hydrogen (secondary N) is 1. The summed E-state index contributed by atoms with van der Waals surface area (Å²) in [6, 6.07) is 1.25. The van der Waals surface area contributed by atoms with Crippen molar-refractivity contribution in [2.24, 2.45) is 0 Å². The second-order valence-electron chi connectivity index (χ2n) is 5.81. The van der Waals surface area contributed by atoms with E-state index in [0.717, 1.165) is 0 Å². The van der Waals surface area contributed by atoms with Crippen LogP contribution < -0.4 is 5.32 Å². The number of hydrogen-bond donors (Lipinski definition) is 1. The lowest BCUT2D eigenvalue weighted by molar-refractivity contribution is -0.147. The largest absolute Gasteiger partial charge is 0.469 e. The minimum Gasteiger partial charge on any atom is -0.469 e. The molecule has 8 heteroatoms. The van der Waals surface area contributed by atoms with Gasteiger partial charge >= 0.3 is 5.97 Å². The molecule has 0 radical (unpaired) electrons. The van der Waals surface area contributed by atoms with Crippen LogP contribution in [0.1, 0.15) is 27.2 Å². The summed E-state index contributed by atoms with van der Waals surface area (Å²) in [4.78, 5) is 39.1. The lowest BCUT2D eigenvalue weighted by Crippen LogP contribution is -2.61. The maximum Gasteiger partial charge on any atom is 0.308 e. The fraction of sp³-hybridized carbons (Fsp3) is 0.733. The van der Waals surface area contributed by atoms with Gasteiger partial charge in [0.1, 0.15) is 6.04 Å². The maximum atomic E-state index is 12.7. The van der Waals surface area contributed by atoms with Gasteiger partial charge in [0.15, 0.2) is 0 Å². The van der Waals surface area contributed by atoms with E-state index in [1.165, 1.54) is 14.0 Å². The molecule has 0 bridgehead atoms. The number of carbonyl (C=O) groups is 3. The Kier molecular flexibility index (Phi) is 6.97. The molecule has 1 aliphatic heterocycles. The Hall–Kier alpha value is -2.14. The number of esters is 1. The minimum atomic E-state index is -0.929. The van der Waals surface area contributed by atoms with Crippen LogP contribution in [0.5, 0.6) is 0 Å². The molecule has 1 fully saturated rings.